The summed E-state index contributed by atoms with van der Waals surface area (Å²) in [4.78, 5) is 36.7. The van der Waals surface area contributed by atoms with E-state index in [0.29, 0.717) is 17.7 Å². The number of esters is 1. The molecule has 5 N–H and O–H groups in total. The third-order valence-corrected chi connectivity index (χ3v) is 8.25. The molecule has 1 saturated carbocycles. The minimum atomic E-state index is -3.73. The predicted octanol–water partition coefficient (Wildman–Crippen LogP) is 2.27. The molecule has 14 heteroatoms. The van der Waals surface area contributed by atoms with Crippen LogP contribution in [0.2, 0.25) is 0 Å². The molecule has 0 aromatic carbocycles. The van der Waals surface area contributed by atoms with Crippen molar-refractivity contribution in [3.05, 3.63) is 12.7 Å². The van der Waals surface area contributed by atoms with E-state index in [1.807, 2.05) is 0 Å². The van der Waals surface area contributed by atoms with Crippen LogP contribution in [0.4, 0.5) is 5.82 Å². The number of ether oxygens (including phenoxy) is 2. The highest BCUT2D eigenvalue weighted by Gasteiger charge is 2.38. The third-order valence-electron chi connectivity index (χ3n) is 6.01. The molecule has 0 radical (unpaired) electrons. The Bertz CT molecular complexity index is 1120. The Morgan fingerprint density at radius 1 is 1.25 bits per heavy atom. The summed E-state index contributed by atoms with van der Waals surface area (Å²) < 4.78 is 27.0. The van der Waals surface area contributed by atoms with Gasteiger partial charge in [-0.1, -0.05) is 6.42 Å². The number of rotatable bonds is 12. The number of nitrogens with zero attached hydrogens (tertiary/aromatic N) is 4. The van der Waals surface area contributed by atoms with Crippen LogP contribution in [0.1, 0.15) is 59.8 Å². The molecule has 200 valence electrons. The highest BCUT2D eigenvalue weighted by Crippen LogP contribution is 2.40. The smallest absolute Gasteiger partial charge is 0.323 e. The standard InChI is InChI=1S/C22H36N7O6P/c1-14(10-29-12-26-17-18(23)24-11-25-19(17)29)34-13-36(33,28-22(3,4)21(31)32)27-15(2)20(30)35-16-8-6-5-7-9-16/h11-12,14-16H,5-10,13H2,1-4H3,(H,31,32)(H2,23,24,25)(H2,27,28,33). The second-order valence-corrected chi connectivity index (χ2v) is 12.0. The van der Waals surface area contributed by atoms with E-state index in [4.69, 9.17) is 15.2 Å². The average Bonchev–Trinajstić information content (AvgIpc) is 3.22. The first kappa shape index (κ1) is 28.0. The Kier molecular flexibility index (Phi) is 9.04. The van der Waals surface area contributed by atoms with E-state index in [-0.39, 0.29) is 18.3 Å². The SMILES string of the molecule is CC(Cn1cnc2c(N)ncnc21)OCP(=O)(NC(C)C(=O)OC1CCCCC1)NC(C)(C)C(=O)O. The van der Waals surface area contributed by atoms with Gasteiger partial charge in [-0.05, 0) is 53.4 Å². The molecule has 3 rings (SSSR count). The minimum absolute atomic E-state index is 0.155. The molecule has 0 amide bonds. The van der Waals surface area contributed by atoms with Crippen LogP contribution in [-0.4, -0.2) is 66.7 Å². The van der Waals surface area contributed by atoms with Gasteiger partial charge in [0.25, 0.3) is 0 Å². The maximum Gasteiger partial charge on any atom is 0.323 e. The van der Waals surface area contributed by atoms with E-state index in [0.717, 1.165) is 32.1 Å². The summed E-state index contributed by atoms with van der Waals surface area (Å²) in [7, 11) is -3.73. The zero-order valence-electron chi connectivity index (χ0n) is 21.1. The average molecular weight is 526 g/mol. The Hall–Kier alpha value is -2.60. The number of nitrogen functional groups attached to an aromatic ring is 1. The van der Waals surface area contributed by atoms with E-state index < -0.39 is 37.1 Å². The molecule has 1 aliphatic rings. The molecule has 2 heterocycles. The van der Waals surface area contributed by atoms with Gasteiger partial charge in [0, 0.05) is 0 Å². The number of aliphatic carboxylic acids is 1. The van der Waals surface area contributed by atoms with Gasteiger partial charge in [0.05, 0.1) is 19.0 Å². The molecule has 0 spiro atoms. The summed E-state index contributed by atoms with van der Waals surface area (Å²) in [6.45, 7) is 6.40. The Balaban J connectivity index is 1.67. The largest absolute Gasteiger partial charge is 0.480 e. The van der Waals surface area contributed by atoms with Gasteiger partial charge in [-0.25, -0.2) is 25.1 Å². The van der Waals surface area contributed by atoms with Crippen LogP contribution in [0, 0.1) is 0 Å². The maximum atomic E-state index is 13.8. The lowest BCUT2D eigenvalue weighted by atomic mass is 9.98. The van der Waals surface area contributed by atoms with Gasteiger partial charge in [0.2, 0.25) is 7.44 Å². The van der Waals surface area contributed by atoms with Crippen LogP contribution < -0.4 is 15.9 Å². The van der Waals surface area contributed by atoms with Crippen LogP contribution >= 0.6 is 7.44 Å². The number of carboxylic acid groups (broad SMARTS) is 1. The van der Waals surface area contributed by atoms with Gasteiger partial charge in [-0.3, -0.25) is 14.2 Å². The fourth-order valence-corrected chi connectivity index (χ4v) is 6.41. The van der Waals surface area contributed by atoms with Gasteiger partial charge >= 0.3 is 11.9 Å². The minimum Gasteiger partial charge on any atom is -0.480 e. The number of anilines is 1. The Morgan fingerprint density at radius 3 is 2.61 bits per heavy atom. The molecule has 3 unspecified atom stereocenters. The molecule has 2 aromatic heterocycles. The first-order chi connectivity index (χ1) is 16.9. The molecule has 36 heavy (non-hydrogen) atoms. The zero-order valence-corrected chi connectivity index (χ0v) is 22.0. The number of imidazole rings is 1. The van der Waals surface area contributed by atoms with Crippen molar-refractivity contribution < 1.29 is 28.7 Å². The van der Waals surface area contributed by atoms with Crippen molar-refractivity contribution in [3.8, 4) is 0 Å². The summed E-state index contributed by atoms with van der Waals surface area (Å²) in [6.07, 6.45) is 6.65. The summed E-state index contributed by atoms with van der Waals surface area (Å²) in [5, 5.41) is 15.0. The lowest BCUT2D eigenvalue weighted by Crippen LogP contribution is -2.49. The van der Waals surface area contributed by atoms with Crippen LogP contribution in [0.15, 0.2) is 12.7 Å². The van der Waals surface area contributed by atoms with Gasteiger partial charge in [-0.15, -0.1) is 0 Å². The first-order valence-electron chi connectivity index (χ1n) is 12.0. The normalized spacial score (nSPS) is 18.4. The van der Waals surface area contributed by atoms with Crippen LogP contribution in [0.25, 0.3) is 11.2 Å². The van der Waals surface area contributed by atoms with E-state index in [1.165, 1.54) is 20.2 Å². The van der Waals surface area contributed by atoms with Crippen molar-refractivity contribution in [2.75, 3.05) is 12.1 Å². The fourth-order valence-electron chi connectivity index (χ4n) is 4.01. The molecule has 1 aliphatic carbocycles. The molecular weight excluding hydrogens is 489 g/mol. The van der Waals surface area contributed by atoms with Gasteiger partial charge < -0.3 is 24.9 Å². The van der Waals surface area contributed by atoms with Crippen LogP contribution in [0.5, 0.6) is 0 Å². The van der Waals surface area contributed by atoms with Gasteiger partial charge in [-0.2, -0.15) is 0 Å². The zero-order chi connectivity index (χ0) is 26.5. The highest BCUT2D eigenvalue weighted by molar-refractivity contribution is 7.59. The third kappa shape index (κ3) is 7.22. The van der Waals surface area contributed by atoms with E-state index in [1.54, 1.807) is 24.7 Å². The number of nitrogens with one attached hydrogen (secondary N) is 2. The Labute approximate surface area is 210 Å². The second-order valence-electron chi connectivity index (χ2n) is 9.76. The molecular formula is C22H36N7O6P. The number of aromatic nitrogens is 4. The second kappa shape index (κ2) is 11.6. The van der Waals surface area contributed by atoms with E-state index >= 15 is 0 Å². The van der Waals surface area contributed by atoms with Crippen LogP contribution in [0.3, 0.4) is 0 Å². The van der Waals surface area contributed by atoms with Crippen molar-refractivity contribution in [2.45, 2.75) is 90.1 Å². The lowest BCUT2D eigenvalue weighted by Gasteiger charge is -2.32. The number of carboxylic acids is 1. The first-order valence-corrected chi connectivity index (χ1v) is 13.9. The molecule has 3 atom stereocenters. The molecule has 0 aliphatic heterocycles. The molecule has 0 bridgehead atoms. The molecule has 1 fully saturated rings. The maximum absolute atomic E-state index is 13.8. The molecule has 0 saturated heterocycles. The quantitative estimate of drug-likeness (QED) is 0.234. The summed E-state index contributed by atoms with van der Waals surface area (Å²) in [5.41, 5.74) is 5.28. The number of hydrogen-bond acceptors (Lipinski definition) is 9. The fraction of sp³-hybridized carbons (Fsp3) is 0.682. The Morgan fingerprint density at radius 2 is 1.94 bits per heavy atom. The van der Waals surface area contributed by atoms with Gasteiger partial charge in [0.15, 0.2) is 11.5 Å². The van der Waals surface area contributed by atoms with Crippen LogP contribution in [-0.2, 0) is 30.2 Å². The van der Waals surface area contributed by atoms with Crippen molar-refractivity contribution >= 4 is 36.4 Å². The van der Waals surface area contributed by atoms with Crippen molar-refractivity contribution in [1.82, 2.24) is 29.7 Å². The number of carbonyl (C=O) groups excluding carboxylic acids is 1. The number of carbonyl (C=O) groups is 2. The van der Waals surface area contributed by atoms with E-state index in [9.17, 15) is 19.3 Å². The lowest BCUT2D eigenvalue weighted by molar-refractivity contribution is -0.152. The van der Waals surface area contributed by atoms with E-state index in [2.05, 4.69) is 25.1 Å². The topological polar surface area (TPSA) is 184 Å². The van der Waals surface area contributed by atoms with Crippen molar-refractivity contribution in [3.63, 3.8) is 0 Å². The summed E-state index contributed by atoms with van der Waals surface area (Å²) in [5.74, 6) is -1.47. The summed E-state index contributed by atoms with van der Waals surface area (Å²) >= 11 is 0. The number of hydrogen-bond donors (Lipinski definition) is 4. The van der Waals surface area contributed by atoms with Crippen molar-refractivity contribution in [1.29, 1.82) is 0 Å². The summed E-state index contributed by atoms with van der Waals surface area (Å²) in [6, 6.07) is -0.939. The number of nitrogens with two attached hydrogens (primary N) is 1. The monoisotopic (exact) mass is 525 g/mol. The highest BCUT2D eigenvalue weighted by atomic mass is 31.2. The predicted molar refractivity (Wildman–Crippen MR) is 133 cm³/mol. The molecule has 13 nitrogen and oxygen atoms in total. The van der Waals surface area contributed by atoms with Gasteiger partial charge in [0.1, 0.15) is 35.9 Å². The van der Waals surface area contributed by atoms with Crippen molar-refractivity contribution in [2.24, 2.45) is 0 Å². The molecule has 2 aromatic rings. The number of fused-ring (bicyclic) bond motifs is 1.